The maximum atomic E-state index is 14.8. The average Bonchev–Trinajstić information content (AvgIpc) is 3.48. The number of aromatic nitrogens is 4. The van der Waals surface area contributed by atoms with Gasteiger partial charge >= 0.3 is 6.18 Å². The molecule has 250 valence electrons. The topological polar surface area (TPSA) is 154 Å². The number of nitrogens with one attached hydrogen (secondary N) is 2. The van der Waals surface area contributed by atoms with Gasteiger partial charge in [0.05, 0.1) is 36.5 Å². The number of methoxy groups -OCH3 is 1. The number of alkyl halides is 3. The van der Waals surface area contributed by atoms with Crippen molar-refractivity contribution in [2.45, 2.75) is 25.6 Å². The van der Waals surface area contributed by atoms with E-state index in [0.717, 1.165) is 33.7 Å². The second-order valence-corrected chi connectivity index (χ2v) is 12.9. The second-order valence-electron chi connectivity index (χ2n) is 10.2. The lowest BCUT2D eigenvalue weighted by molar-refractivity contribution is -0.141. The van der Waals surface area contributed by atoms with Gasteiger partial charge in [0.25, 0.3) is 11.5 Å². The van der Waals surface area contributed by atoms with E-state index in [1.807, 2.05) is 0 Å². The van der Waals surface area contributed by atoms with E-state index in [1.165, 1.54) is 37.6 Å². The lowest BCUT2D eigenvalue weighted by Gasteiger charge is -2.21. The number of halogens is 5. The zero-order valence-corrected chi connectivity index (χ0v) is 26.5. The maximum absolute atomic E-state index is 14.8. The number of ether oxygens (including phenoxy) is 1. The summed E-state index contributed by atoms with van der Waals surface area (Å²) in [4.78, 5) is 39.0. The third kappa shape index (κ3) is 8.34. The fourth-order valence-electron chi connectivity index (χ4n) is 4.54. The van der Waals surface area contributed by atoms with Gasteiger partial charge in [-0.25, -0.2) is 17.5 Å². The van der Waals surface area contributed by atoms with Crippen molar-refractivity contribution < 1.29 is 40.3 Å². The van der Waals surface area contributed by atoms with E-state index in [9.17, 15) is 40.4 Å². The van der Waals surface area contributed by atoms with Crippen LogP contribution in [0.5, 0.6) is 5.75 Å². The molecule has 2 aromatic carbocycles. The van der Waals surface area contributed by atoms with Crippen LogP contribution in [0.3, 0.4) is 0 Å². The number of carbonyl (C=O) groups excluding carboxylic acids is 2. The number of carbonyl (C=O) groups is 2. The summed E-state index contributed by atoms with van der Waals surface area (Å²) in [6.07, 6.45) is -1.72. The van der Waals surface area contributed by atoms with Crippen LogP contribution in [0.2, 0.25) is 5.02 Å². The van der Waals surface area contributed by atoms with Crippen molar-refractivity contribution in [2.24, 2.45) is 0 Å². The van der Waals surface area contributed by atoms with Crippen LogP contribution in [-0.2, 0) is 20.8 Å². The minimum atomic E-state index is -4.75. The van der Waals surface area contributed by atoms with Crippen LogP contribution in [0.15, 0.2) is 59.7 Å². The first-order valence-corrected chi connectivity index (χ1v) is 16.1. The van der Waals surface area contributed by atoms with Crippen LogP contribution < -0.4 is 20.9 Å². The monoisotopic (exact) mass is 698 g/mol. The molecule has 47 heavy (non-hydrogen) atoms. The zero-order valence-electron chi connectivity index (χ0n) is 24.9. The molecule has 0 radical (unpaired) electrons. The number of amides is 2. The Morgan fingerprint density at radius 2 is 1.81 bits per heavy atom. The van der Waals surface area contributed by atoms with Crippen molar-refractivity contribution in [2.75, 3.05) is 31.0 Å². The quantitative estimate of drug-likeness (QED) is 0.220. The Hall–Kier alpha value is -4.77. The molecule has 0 aliphatic rings. The minimum Gasteiger partial charge on any atom is -0.495 e. The minimum absolute atomic E-state index is 0.0232. The molecule has 4 aromatic rings. The molecule has 18 heteroatoms. The third-order valence-corrected chi connectivity index (χ3v) is 7.99. The highest BCUT2D eigenvalue weighted by molar-refractivity contribution is 7.90. The van der Waals surface area contributed by atoms with Gasteiger partial charge in [0.15, 0.2) is 5.69 Å². The molecule has 0 aliphatic heterocycles. The smallest absolute Gasteiger partial charge is 0.436 e. The van der Waals surface area contributed by atoms with Crippen molar-refractivity contribution in [3.05, 3.63) is 87.3 Å². The largest absolute Gasteiger partial charge is 0.495 e. The summed E-state index contributed by atoms with van der Waals surface area (Å²) in [5, 5.41) is 11.7. The SMILES string of the molecule is CC[C@@H](C(=O)Nc1ccc(C(=O)NCCS(C)(=O)=O)c(F)c1)n1cc(OC)c(-c2cc(Cl)ccc2-n2cc(C(F)(F)F)nn2)cc1=O. The molecule has 0 saturated heterocycles. The molecule has 4 rings (SSSR count). The fourth-order valence-corrected chi connectivity index (χ4v) is 5.18. The summed E-state index contributed by atoms with van der Waals surface area (Å²) >= 11 is 6.19. The summed E-state index contributed by atoms with van der Waals surface area (Å²) in [5.74, 6) is -2.81. The molecule has 0 fully saturated rings. The number of hydrogen-bond acceptors (Lipinski definition) is 8. The molecule has 2 N–H and O–H groups in total. The average molecular weight is 699 g/mol. The predicted octanol–water partition coefficient (Wildman–Crippen LogP) is 4.28. The van der Waals surface area contributed by atoms with Gasteiger partial charge in [-0.15, -0.1) is 5.10 Å². The lowest BCUT2D eigenvalue weighted by Crippen LogP contribution is -2.33. The van der Waals surface area contributed by atoms with E-state index in [1.54, 1.807) is 6.92 Å². The van der Waals surface area contributed by atoms with Crippen LogP contribution in [0, 0.1) is 5.82 Å². The Kier molecular flexibility index (Phi) is 10.4. The molecule has 0 saturated carbocycles. The molecule has 1 atom stereocenters. The Labute approximate surface area is 270 Å². The first kappa shape index (κ1) is 35.1. The first-order valence-electron chi connectivity index (χ1n) is 13.7. The Morgan fingerprint density at radius 1 is 1.09 bits per heavy atom. The number of hydrogen-bond donors (Lipinski definition) is 2. The van der Waals surface area contributed by atoms with E-state index in [2.05, 4.69) is 20.9 Å². The van der Waals surface area contributed by atoms with Crippen molar-refractivity contribution in [3.63, 3.8) is 0 Å². The van der Waals surface area contributed by atoms with E-state index in [-0.39, 0.29) is 57.6 Å². The number of pyridine rings is 1. The van der Waals surface area contributed by atoms with E-state index >= 15 is 0 Å². The fraction of sp³-hybridized carbons (Fsp3) is 0.276. The summed E-state index contributed by atoms with van der Waals surface area (Å²) < 4.78 is 84.3. The van der Waals surface area contributed by atoms with Crippen molar-refractivity contribution in [3.8, 4) is 22.6 Å². The summed E-state index contributed by atoms with van der Waals surface area (Å²) in [6.45, 7) is 1.41. The highest BCUT2D eigenvalue weighted by atomic mass is 35.5. The van der Waals surface area contributed by atoms with E-state index in [4.69, 9.17) is 16.3 Å². The molecule has 2 aromatic heterocycles. The highest BCUT2D eigenvalue weighted by Crippen LogP contribution is 2.36. The van der Waals surface area contributed by atoms with Gasteiger partial charge < -0.3 is 15.4 Å². The number of sulfone groups is 1. The van der Waals surface area contributed by atoms with Gasteiger partial charge in [-0.2, -0.15) is 13.2 Å². The second kappa shape index (κ2) is 13.9. The van der Waals surface area contributed by atoms with Crippen molar-refractivity contribution in [1.29, 1.82) is 0 Å². The van der Waals surface area contributed by atoms with Gasteiger partial charge in [0.1, 0.15) is 27.4 Å². The molecule has 0 bridgehead atoms. The molecular weight excluding hydrogens is 672 g/mol. The molecule has 2 amide bonds. The van der Waals surface area contributed by atoms with E-state index < -0.39 is 50.9 Å². The van der Waals surface area contributed by atoms with E-state index in [0.29, 0.717) is 6.20 Å². The standard InChI is InChI=1S/C29H27ClF4N6O6S/c1-4-22(28(43)36-17-6-7-18(21(31)12-17)27(42)35-9-10-47(3,44)45)39-14-24(46-2)20(13-26(39)41)19-11-16(30)5-8-23(19)40-15-25(37-38-40)29(32,33)34/h5-8,11-15,22H,4,9-10H2,1-3H3,(H,35,42)(H,36,43)/t22-/m0/s1. The Balaban J connectivity index is 1.62. The summed E-state index contributed by atoms with van der Waals surface area (Å²) in [6, 6.07) is 7.49. The number of anilines is 1. The predicted molar refractivity (Wildman–Crippen MR) is 164 cm³/mol. The maximum Gasteiger partial charge on any atom is 0.436 e. The molecule has 0 aliphatic carbocycles. The third-order valence-electron chi connectivity index (χ3n) is 6.81. The Bertz CT molecular complexity index is 2000. The number of nitrogens with zero attached hydrogens (tertiary/aromatic N) is 4. The van der Waals surface area contributed by atoms with Crippen molar-refractivity contribution in [1.82, 2.24) is 24.9 Å². The molecular formula is C29H27ClF4N6O6S. The van der Waals surface area contributed by atoms with Crippen LogP contribution in [0.1, 0.15) is 35.4 Å². The highest BCUT2D eigenvalue weighted by Gasteiger charge is 2.35. The zero-order chi connectivity index (χ0) is 34.7. The van der Waals surface area contributed by atoms with Crippen LogP contribution >= 0.6 is 11.6 Å². The Morgan fingerprint density at radius 3 is 2.40 bits per heavy atom. The lowest BCUT2D eigenvalue weighted by atomic mass is 10.0. The first-order chi connectivity index (χ1) is 22.0. The van der Waals surface area contributed by atoms with Gasteiger partial charge in [-0.05, 0) is 42.8 Å². The van der Waals surface area contributed by atoms with Crippen LogP contribution in [0.25, 0.3) is 16.8 Å². The number of rotatable bonds is 11. The van der Waals surface area contributed by atoms with Gasteiger partial charge in [0, 0.05) is 40.7 Å². The summed E-state index contributed by atoms with van der Waals surface area (Å²) in [7, 11) is -2.05. The summed E-state index contributed by atoms with van der Waals surface area (Å²) in [5.41, 5.74) is -1.89. The van der Waals surface area contributed by atoms with Gasteiger partial charge in [-0.1, -0.05) is 23.7 Å². The number of benzene rings is 2. The van der Waals surface area contributed by atoms with Gasteiger partial charge in [-0.3, -0.25) is 19.0 Å². The molecule has 12 nitrogen and oxygen atoms in total. The van der Waals surface area contributed by atoms with Crippen LogP contribution in [0.4, 0.5) is 23.2 Å². The molecule has 2 heterocycles. The van der Waals surface area contributed by atoms with Crippen LogP contribution in [-0.4, -0.2) is 65.5 Å². The molecule has 0 spiro atoms. The molecule has 0 unspecified atom stereocenters. The normalized spacial score (nSPS) is 12.4. The van der Waals surface area contributed by atoms with Crippen molar-refractivity contribution >= 4 is 38.9 Å². The van der Waals surface area contributed by atoms with Gasteiger partial charge in [0.2, 0.25) is 5.91 Å².